The number of aryl methyl sites for hydroxylation is 1. The number of fused-ring (bicyclic) bond motifs is 1. The average Bonchev–Trinajstić information content (AvgIpc) is 2.66. The average molecular weight is 335 g/mol. The highest BCUT2D eigenvalue weighted by atomic mass is 79.9. The van der Waals surface area contributed by atoms with E-state index in [0.29, 0.717) is 0 Å². The van der Waals surface area contributed by atoms with Crippen LogP contribution in [0.1, 0.15) is 43.3 Å². The number of pyridine rings is 1. The summed E-state index contributed by atoms with van der Waals surface area (Å²) >= 11 is 3.58. The monoisotopic (exact) mass is 334 g/mol. The van der Waals surface area contributed by atoms with Crippen molar-refractivity contribution >= 4 is 15.9 Å². The number of halogens is 1. The lowest BCUT2D eigenvalue weighted by atomic mass is 9.75. The molecule has 2 heterocycles. The zero-order chi connectivity index (χ0) is 14.5. The number of aliphatic hydroxyl groups is 1. The Bertz CT molecular complexity index is 660. The van der Waals surface area contributed by atoms with Gasteiger partial charge in [-0.1, -0.05) is 13.8 Å². The lowest BCUT2D eigenvalue weighted by molar-refractivity contribution is 0.0987. The van der Waals surface area contributed by atoms with Crippen LogP contribution < -0.4 is 0 Å². The van der Waals surface area contributed by atoms with E-state index in [9.17, 15) is 5.11 Å². The molecule has 0 fully saturated rings. The summed E-state index contributed by atoms with van der Waals surface area (Å²) < 4.78 is 3.21. The summed E-state index contributed by atoms with van der Waals surface area (Å²) in [4.78, 5) is 4.13. The highest BCUT2D eigenvalue weighted by molar-refractivity contribution is 9.10. The summed E-state index contributed by atoms with van der Waals surface area (Å²) in [6.07, 6.45) is 5.04. The fourth-order valence-electron chi connectivity index (χ4n) is 3.23. The van der Waals surface area contributed by atoms with Gasteiger partial charge in [-0.05, 0) is 53.2 Å². The first-order chi connectivity index (χ1) is 9.39. The summed E-state index contributed by atoms with van der Waals surface area (Å²) in [6.45, 7) is 6.52. The van der Waals surface area contributed by atoms with Crippen molar-refractivity contribution in [1.29, 1.82) is 0 Å². The van der Waals surface area contributed by atoms with E-state index < -0.39 is 0 Å². The van der Waals surface area contributed by atoms with Crippen molar-refractivity contribution in [3.63, 3.8) is 0 Å². The Labute approximate surface area is 127 Å². The number of rotatable bonds is 1. The molecule has 3 rings (SSSR count). The molecule has 2 aromatic rings. The Morgan fingerprint density at radius 3 is 2.90 bits per heavy atom. The molecular weight excluding hydrogens is 316 g/mol. The van der Waals surface area contributed by atoms with Crippen LogP contribution in [-0.4, -0.2) is 14.7 Å². The van der Waals surface area contributed by atoms with Gasteiger partial charge in [-0.2, -0.15) is 0 Å². The fourth-order valence-corrected chi connectivity index (χ4v) is 3.66. The quantitative estimate of drug-likeness (QED) is 0.857. The summed E-state index contributed by atoms with van der Waals surface area (Å²) in [7, 11) is 0. The van der Waals surface area contributed by atoms with E-state index in [1.165, 1.54) is 5.69 Å². The van der Waals surface area contributed by atoms with Crippen LogP contribution in [0.5, 0.6) is 0 Å². The largest absolute Gasteiger partial charge is 0.388 e. The molecule has 0 saturated carbocycles. The molecule has 0 aliphatic heterocycles. The molecule has 0 bridgehead atoms. The summed E-state index contributed by atoms with van der Waals surface area (Å²) in [6, 6.07) is 4.12. The lowest BCUT2D eigenvalue weighted by Gasteiger charge is -2.34. The van der Waals surface area contributed by atoms with E-state index in [1.807, 2.05) is 12.3 Å². The van der Waals surface area contributed by atoms with Crippen LogP contribution in [-0.2, 0) is 6.42 Å². The second kappa shape index (κ2) is 4.71. The van der Waals surface area contributed by atoms with Crippen molar-refractivity contribution in [3.8, 4) is 5.69 Å². The number of hydrogen-bond acceptors (Lipinski definition) is 2. The van der Waals surface area contributed by atoms with Crippen LogP contribution in [0.2, 0.25) is 0 Å². The minimum atomic E-state index is -0.366. The van der Waals surface area contributed by atoms with Crippen LogP contribution >= 0.6 is 15.9 Å². The van der Waals surface area contributed by atoms with E-state index in [2.05, 4.69) is 52.3 Å². The van der Waals surface area contributed by atoms with Gasteiger partial charge in [-0.15, -0.1) is 0 Å². The van der Waals surface area contributed by atoms with Crippen molar-refractivity contribution in [2.24, 2.45) is 5.41 Å². The summed E-state index contributed by atoms with van der Waals surface area (Å²) in [5.74, 6) is 0. The van der Waals surface area contributed by atoms with Gasteiger partial charge in [-0.3, -0.25) is 4.98 Å². The SMILES string of the molecule is Cc1cc2c(n1-c1ccncc1Br)CC(C)(C)CC2O. The van der Waals surface area contributed by atoms with Gasteiger partial charge in [-0.25, -0.2) is 0 Å². The minimum absolute atomic E-state index is 0.120. The highest BCUT2D eigenvalue weighted by Gasteiger charge is 2.34. The predicted octanol–water partition coefficient (Wildman–Crippen LogP) is 3.95. The smallest absolute Gasteiger partial charge is 0.0812 e. The van der Waals surface area contributed by atoms with Crippen LogP contribution in [0.4, 0.5) is 0 Å². The number of hydrogen-bond donors (Lipinski definition) is 1. The molecule has 0 aromatic carbocycles. The summed E-state index contributed by atoms with van der Waals surface area (Å²) in [5, 5.41) is 10.4. The first-order valence-corrected chi connectivity index (χ1v) is 7.67. The molecular formula is C16H19BrN2O. The topological polar surface area (TPSA) is 38.0 Å². The van der Waals surface area contributed by atoms with Gasteiger partial charge in [0.25, 0.3) is 0 Å². The minimum Gasteiger partial charge on any atom is -0.388 e. The maximum absolute atomic E-state index is 10.4. The van der Waals surface area contributed by atoms with E-state index >= 15 is 0 Å². The van der Waals surface area contributed by atoms with Crippen molar-refractivity contribution < 1.29 is 5.11 Å². The predicted molar refractivity (Wildman–Crippen MR) is 83.1 cm³/mol. The Kier molecular flexibility index (Phi) is 3.26. The molecule has 1 N–H and O–H groups in total. The van der Waals surface area contributed by atoms with Crippen molar-refractivity contribution in [2.45, 2.75) is 39.7 Å². The standard InChI is InChI=1S/C16H19BrN2O/c1-10-6-11-14(7-16(2,3)8-15(11)20)19(10)13-4-5-18-9-12(13)17/h4-6,9,15,20H,7-8H2,1-3H3. The first-order valence-electron chi connectivity index (χ1n) is 6.88. The fraction of sp³-hybridized carbons (Fsp3) is 0.438. The zero-order valence-electron chi connectivity index (χ0n) is 12.0. The Morgan fingerprint density at radius 2 is 2.20 bits per heavy atom. The molecule has 0 saturated heterocycles. The van der Waals surface area contributed by atoms with E-state index in [-0.39, 0.29) is 11.5 Å². The van der Waals surface area contributed by atoms with Gasteiger partial charge in [0, 0.05) is 29.3 Å². The summed E-state index contributed by atoms with van der Waals surface area (Å²) in [5.41, 5.74) is 4.65. The van der Waals surface area contributed by atoms with E-state index in [4.69, 9.17) is 0 Å². The van der Waals surface area contributed by atoms with Crippen LogP contribution in [0.15, 0.2) is 29.0 Å². The Hall–Kier alpha value is -1.13. The molecule has 1 atom stereocenters. The molecule has 1 aliphatic carbocycles. The maximum Gasteiger partial charge on any atom is 0.0812 e. The third-order valence-corrected chi connectivity index (χ3v) is 4.67. The van der Waals surface area contributed by atoms with Gasteiger partial charge in [0.2, 0.25) is 0 Å². The lowest BCUT2D eigenvalue weighted by Crippen LogP contribution is -2.26. The molecule has 2 aromatic heterocycles. The van der Waals surface area contributed by atoms with Crippen LogP contribution in [0.3, 0.4) is 0 Å². The molecule has 0 amide bonds. The van der Waals surface area contributed by atoms with Crippen molar-refractivity contribution in [3.05, 3.63) is 46.0 Å². The number of nitrogens with zero attached hydrogens (tertiary/aromatic N) is 2. The van der Waals surface area contributed by atoms with Gasteiger partial charge < -0.3 is 9.67 Å². The number of aromatic nitrogens is 2. The highest BCUT2D eigenvalue weighted by Crippen LogP contribution is 2.43. The van der Waals surface area contributed by atoms with E-state index in [1.54, 1.807) is 6.20 Å². The van der Waals surface area contributed by atoms with Crippen LogP contribution in [0.25, 0.3) is 5.69 Å². The first kappa shape index (κ1) is 13.8. The van der Waals surface area contributed by atoms with Crippen LogP contribution in [0, 0.1) is 12.3 Å². The normalized spacial score (nSPS) is 20.8. The number of aliphatic hydroxyl groups excluding tert-OH is 1. The van der Waals surface area contributed by atoms with Crippen molar-refractivity contribution in [2.75, 3.05) is 0 Å². The second-order valence-corrected chi connectivity index (χ2v) is 7.27. The molecule has 1 unspecified atom stereocenters. The molecule has 20 heavy (non-hydrogen) atoms. The van der Waals surface area contributed by atoms with Gasteiger partial charge in [0.1, 0.15) is 0 Å². The third kappa shape index (κ3) is 2.21. The Morgan fingerprint density at radius 1 is 1.45 bits per heavy atom. The molecule has 0 spiro atoms. The van der Waals surface area contributed by atoms with Gasteiger partial charge in [0.05, 0.1) is 16.3 Å². The van der Waals surface area contributed by atoms with Gasteiger partial charge >= 0.3 is 0 Å². The zero-order valence-corrected chi connectivity index (χ0v) is 13.6. The van der Waals surface area contributed by atoms with E-state index in [0.717, 1.165) is 34.3 Å². The second-order valence-electron chi connectivity index (χ2n) is 6.41. The molecule has 106 valence electrons. The maximum atomic E-state index is 10.4. The molecule has 0 radical (unpaired) electrons. The Balaban J connectivity index is 2.22. The third-order valence-electron chi connectivity index (χ3n) is 4.06. The molecule has 4 heteroatoms. The van der Waals surface area contributed by atoms with Crippen molar-refractivity contribution in [1.82, 2.24) is 9.55 Å². The molecule has 3 nitrogen and oxygen atoms in total. The van der Waals surface area contributed by atoms with Gasteiger partial charge in [0.15, 0.2) is 0 Å². The molecule has 1 aliphatic rings.